The molecule has 0 aliphatic rings. The van der Waals surface area contributed by atoms with Crippen molar-refractivity contribution in [2.24, 2.45) is 7.05 Å². The number of aliphatic hydroxyl groups is 1. The minimum atomic E-state index is -0.459. The highest BCUT2D eigenvalue weighted by molar-refractivity contribution is 6.31. The molecule has 1 N–H and O–H groups in total. The van der Waals surface area contributed by atoms with Gasteiger partial charge in [-0.25, -0.2) is 4.79 Å². The van der Waals surface area contributed by atoms with Gasteiger partial charge in [-0.05, 0) is 18.2 Å². The van der Waals surface area contributed by atoms with Crippen LogP contribution in [-0.4, -0.2) is 20.8 Å². The number of hydrogen-bond acceptors (Lipinski definition) is 3. The van der Waals surface area contributed by atoms with E-state index in [4.69, 9.17) is 16.7 Å². The minimum Gasteiger partial charge on any atom is -0.395 e. The maximum Gasteiger partial charge on any atom is 0.331 e. The second kappa shape index (κ2) is 4.35. The lowest BCUT2D eigenvalue weighted by molar-refractivity contribution is 0.271. The SMILES string of the molecule is Cn1c(=O)n(CCO)c(=O)c2ccc(Cl)cc21. The highest BCUT2D eigenvalue weighted by atomic mass is 35.5. The molecular formula is C11H11ClN2O3. The molecule has 0 unspecified atom stereocenters. The van der Waals surface area contributed by atoms with E-state index in [0.717, 1.165) is 4.57 Å². The summed E-state index contributed by atoms with van der Waals surface area (Å²) in [5, 5.41) is 9.72. The molecular weight excluding hydrogens is 244 g/mol. The second-order valence-corrected chi connectivity index (χ2v) is 4.12. The van der Waals surface area contributed by atoms with Gasteiger partial charge in [0.05, 0.1) is 24.1 Å². The number of rotatable bonds is 2. The molecule has 1 heterocycles. The Labute approximate surface area is 101 Å². The molecule has 0 aliphatic carbocycles. The van der Waals surface area contributed by atoms with Gasteiger partial charge in [0.15, 0.2) is 0 Å². The second-order valence-electron chi connectivity index (χ2n) is 3.68. The molecule has 1 aromatic carbocycles. The zero-order chi connectivity index (χ0) is 12.6. The fraction of sp³-hybridized carbons (Fsp3) is 0.273. The molecule has 5 nitrogen and oxygen atoms in total. The minimum absolute atomic E-state index is 0.00985. The quantitative estimate of drug-likeness (QED) is 0.841. The van der Waals surface area contributed by atoms with E-state index >= 15 is 0 Å². The van der Waals surface area contributed by atoms with Crippen LogP contribution in [0.1, 0.15) is 0 Å². The van der Waals surface area contributed by atoms with E-state index in [9.17, 15) is 9.59 Å². The number of hydrogen-bond donors (Lipinski definition) is 1. The van der Waals surface area contributed by atoms with Crippen molar-refractivity contribution in [2.45, 2.75) is 6.54 Å². The van der Waals surface area contributed by atoms with E-state index in [0.29, 0.717) is 15.9 Å². The number of benzene rings is 1. The number of fused-ring (bicyclic) bond motifs is 1. The first-order valence-corrected chi connectivity index (χ1v) is 5.44. The number of halogens is 1. The van der Waals surface area contributed by atoms with Crippen LogP contribution in [0.2, 0.25) is 5.02 Å². The van der Waals surface area contributed by atoms with E-state index in [-0.39, 0.29) is 13.2 Å². The molecule has 0 saturated carbocycles. The summed E-state index contributed by atoms with van der Waals surface area (Å²) in [6.07, 6.45) is 0. The Balaban J connectivity index is 2.95. The van der Waals surface area contributed by atoms with E-state index in [2.05, 4.69) is 0 Å². The van der Waals surface area contributed by atoms with Crippen molar-refractivity contribution in [3.63, 3.8) is 0 Å². The summed E-state index contributed by atoms with van der Waals surface area (Å²) in [7, 11) is 1.56. The van der Waals surface area contributed by atoms with Gasteiger partial charge < -0.3 is 5.11 Å². The normalized spacial score (nSPS) is 11.0. The van der Waals surface area contributed by atoms with Crippen molar-refractivity contribution in [1.29, 1.82) is 0 Å². The van der Waals surface area contributed by atoms with Crippen LogP contribution in [0, 0.1) is 0 Å². The lowest BCUT2D eigenvalue weighted by atomic mass is 10.2. The molecule has 0 aliphatic heterocycles. The maximum absolute atomic E-state index is 12.0. The Morgan fingerprint density at radius 2 is 2.06 bits per heavy atom. The van der Waals surface area contributed by atoms with Gasteiger partial charge in [0.2, 0.25) is 0 Å². The summed E-state index contributed by atoms with van der Waals surface area (Å²) in [6, 6.07) is 4.75. The first kappa shape index (κ1) is 11.9. The van der Waals surface area contributed by atoms with Crippen LogP contribution in [-0.2, 0) is 13.6 Å². The molecule has 90 valence electrons. The maximum atomic E-state index is 12.0. The van der Waals surface area contributed by atoms with Gasteiger partial charge in [-0.15, -0.1) is 0 Å². The fourth-order valence-electron chi connectivity index (χ4n) is 1.78. The molecule has 17 heavy (non-hydrogen) atoms. The molecule has 0 bridgehead atoms. The number of nitrogens with zero attached hydrogens (tertiary/aromatic N) is 2. The van der Waals surface area contributed by atoms with E-state index in [1.165, 1.54) is 4.57 Å². The Hall–Kier alpha value is -1.59. The van der Waals surface area contributed by atoms with Crippen LogP contribution in [0.5, 0.6) is 0 Å². The van der Waals surface area contributed by atoms with Crippen molar-refractivity contribution >= 4 is 22.5 Å². The van der Waals surface area contributed by atoms with Crippen LogP contribution >= 0.6 is 11.6 Å². The van der Waals surface area contributed by atoms with Gasteiger partial charge >= 0.3 is 5.69 Å². The van der Waals surface area contributed by atoms with Gasteiger partial charge in [-0.1, -0.05) is 11.6 Å². The molecule has 0 amide bonds. The topological polar surface area (TPSA) is 64.2 Å². The Morgan fingerprint density at radius 3 is 2.71 bits per heavy atom. The van der Waals surface area contributed by atoms with E-state index in [1.807, 2.05) is 0 Å². The third kappa shape index (κ3) is 1.87. The van der Waals surface area contributed by atoms with Gasteiger partial charge in [0, 0.05) is 12.1 Å². The van der Waals surface area contributed by atoms with Crippen LogP contribution < -0.4 is 11.2 Å². The molecule has 1 aromatic heterocycles. The number of aryl methyl sites for hydroxylation is 1. The molecule has 0 saturated heterocycles. The summed E-state index contributed by atoms with van der Waals surface area (Å²) in [5.74, 6) is 0. The monoisotopic (exact) mass is 254 g/mol. The summed E-state index contributed by atoms with van der Waals surface area (Å²) in [6.45, 7) is -0.266. The highest BCUT2D eigenvalue weighted by Crippen LogP contribution is 2.14. The van der Waals surface area contributed by atoms with Crippen molar-refractivity contribution in [1.82, 2.24) is 9.13 Å². The lowest BCUT2D eigenvalue weighted by Crippen LogP contribution is -2.39. The molecule has 2 aromatic rings. The Morgan fingerprint density at radius 1 is 1.35 bits per heavy atom. The van der Waals surface area contributed by atoms with Crippen LogP contribution in [0.3, 0.4) is 0 Å². The van der Waals surface area contributed by atoms with E-state index < -0.39 is 11.2 Å². The lowest BCUT2D eigenvalue weighted by Gasteiger charge is -2.09. The number of aliphatic hydroxyl groups excluding tert-OH is 1. The summed E-state index contributed by atoms with van der Waals surface area (Å²) in [4.78, 5) is 23.9. The first-order valence-electron chi connectivity index (χ1n) is 5.06. The number of aromatic nitrogens is 2. The molecule has 0 radical (unpaired) electrons. The zero-order valence-corrected chi connectivity index (χ0v) is 9.94. The largest absolute Gasteiger partial charge is 0.395 e. The third-order valence-corrected chi connectivity index (χ3v) is 2.87. The molecule has 0 fully saturated rings. The molecule has 0 spiro atoms. The van der Waals surface area contributed by atoms with Crippen molar-refractivity contribution < 1.29 is 5.11 Å². The van der Waals surface area contributed by atoms with Gasteiger partial charge in [0.1, 0.15) is 0 Å². The first-order chi connectivity index (χ1) is 8.06. The average Bonchev–Trinajstić information content (AvgIpc) is 2.32. The van der Waals surface area contributed by atoms with Crippen molar-refractivity contribution in [3.8, 4) is 0 Å². The zero-order valence-electron chi connectivity index (χ0n) is 9.18. The predicted molar refractivity (Wildman–Crippen MR) is 65.5 cm³/mol. The predicted octanol–water partition coefficient (Wildman–Crippen LogP) is 0.346. The Kier molecular flexibility index (Phi) is 3.04. The van der Waals surface area contributed by atoms with Crippen molar-refractivity contribution in [3.05, 3.63) is 44.1 Å². The summed E-state index contributed by atoms with van der Waals surface area (Å²) in [5.41, 5.74) is -0.380. The Bertz CT molecular complexity index is 687. The standard InChI is InChI=1S/C11H11ClN2O3/c1-13-9-6-7(12)2-3-8(9)10(16)14(4-5-15)11(13)17/h2-3,6,15H,4-5H2,1H3. The molecule has 2 rings (SSSR count). The molecule has 0 atom stereocenters. The van der Waals surface area contributed by atoms with Gasteiger partial charge in [-0.3, -0.25) is 13.9 Å². The molecule has 6 heteroatoms. The summed E-state index contributed by atoms with van der Waals surface area (Å²) >= 11 is 5.83. The van der Waals surface area contributed by atoms with Crippen LogP contribution in [0.25, 0.3) is 10.9 Å². The van der Waals surface area contributed by atoms with Crippen LogP contribution in [0.4, 0.5) is 0 Å². The highest BCUT2D eigenvalue weighted by Gasteiger charge is 2.10. The van der Waals surface area contributed by atoms with Crippen LogP contribution in [0.15, 0.2) is 27.8 Å². The van der Waals surface area contributed by atoms with Gasteiger partial charge in [-0.2, -0.15) is 0 Å². The van der Waals surface area contributed by atoms with E-state index in [1.54, 1.807) is 25.2 Å². The third-order valence-electron chi connectivity index (χ3n) is 2.64. The average molecular weight is 255 g/mol. The van der Waals surface area contributed by atoms with Crippen molar-refractivity contribution in [2.75, 3.05) is 6.61 Å². The summed E-state index contributed by atoms with van der Waals surface area (Å²) < 4.78 is 2.36. The van der Waals surface area contributed by atoms with Gasteiger partial charge in [0.25, 0.3) is 5.56 Å². The smallest absolute Gasteiger partial charge is 0.331 e. The fourth-order valence-corrected chi connectivity index (χ4v) is 1.94.